The number of nitrogens with zero attached hydrogens (tertiary/aromatic N) is 3. The number of hydrogen-bond acceptors (Lipinski definition) is 8. The number of alkyl halides is 3. The number of epoxide rings is 1. The average molecular weight is 675 g/mol. The normalized spacial score (nSPS) is 28.9. The summed E-state index contributed by atoms with van der Waals surface area (Å²) >= 11 is 0. The van der Waals surface area contributed by atoms with Crippen molar-refractivity contribution >= 4 is 17.7 Å². The van der Waals surface area contributed by atoms with Gasteiger partial charge < -0.3 is 24.4 Å². The van der Waals surface area contributed by atoms with Crippen LogP contribution in [-0.2, 0) is 30.0 Å². The van der Waals surface area contributed by atoms with Gasteiger partial charge in [-0.25, -0.2) is 9.97 Å². The molecular weight excluding hydrogens is 625 g/mol. The maximum Gasteiger partial charge on any atom is 0.451 e. The molecule has 0 unspecified atom stereocenters. The quantitative estimate of drug-likeness (QED) is 0.130. The van der Waals surface area contributed by atoms with Crippen molar-refractivity contribution in [2.24, 2.45) is 11.8 Å². The second-order valence-electron chi connectivity index (χ2n) is 14.5. The first-order chi connectivity index (χ1) is 22.7. The Kier molecular flexibility index (Phi) is 11.3. The molecule has 1 aromatic rings. The van der Waals surface area contributed by atoms with Gasteiger partial charge in [0.25, 0.3) is 0 Å². The molecule has 9 nitrogen and oxygen atoms in total. The van der Waals surface area contributed by atoms with Gasteiger partial charge >= 0.3 is 12.1 Å². The Morgan fingerprint density at radius 2 is 1.85 bits per heavy atom. The Balaban J connectivity index is 0.967. The van der Waals surface area contributed by atoms with E-state index in [1.807, 2.05) is 0 Å². The molecule has 3 atom stereocenters. The summed E-state index contributed by atoms with van der Waals surface area (Å²) in [6.45, 7) is 9.69. The molecule has 1 spiro atoms. The van der Waals surface area contributed by atoms with Gasteiger partial charge in [0.15, 0.2) is 0 Å². The predicted molar refractivity (Wildman–Crippen MR) is 175 cm³/mol. The zero-order valence-electron chi connectivity index (χ0n) is 28.4. The molecule has 3 saturated heterocycles. The number of rotatable bonds is 10. The van der Waals surface area contributed by atoms with E-state index in [1.165, 1.54) is 17.7 Å². The van der Waals surface area contributed by atoms with Crippen LogP contribution in [0.25, 0.3) is 0 Å². The molecule has 4 fully saturated rings. The molecule has 0 aromatic carbocycles. The molecule has 3 aliphatic heterocycles. The van der Waals surface area contributed by atoms with Gasteiger partial charge in [0.2, 0.25) is 11.7 Å². The van der Waals surface area contributed by atoms with Crippen molar-refractivity contribution < 1.29 is 37.0 Å². The van der Waals surface area contributed by atoms with Gasteiger partial charge in [-0.3, -0.25) is 9.59 Å². The van der Waals surface area contributed by atoms with Crippen LogP contribution in [0.15, 0.2) is 48.2 Å². The van der Waals surface area contributed by atoms with Crippen molar-refractivity contribution in [3.63, 3.8) is 0 Å². The molecule has 0 radical (unpaired) electrons. The summed E-state index contributed by atoms with van der Waals surface area (Å²) in [5.41, 5.74) is 1.08. The molecule has 4 aliphatic rings. The highest BCUT2D eigenvalue weighted by atomic mass is 19.4. The van der Waals surface area contributed by atoms with Gasteiger partial charge in [-0.1, -0.05) is 23.8 Å². The van der Waals surface area contributed by atoms with E-state index in [0.29, 0.717) is 31.8 Å². The third kappa shape index (κ3) is 10.4. The topological polar surface area (TPSA) is 106 Å². The smallest absolute Gasteiger partial charge is 0.451 e. The molecule has 1 amide bonds. The van der Waals surface area contributed by atoms with Gasteiger partial charge in [0, 0.05) is 44.2 Å². The van der Waals surface area contributed by atoms with Crippen LogP contribution in [0.1, 0.15) is 91.3 Å². The van der Waals surface area contributed by atoms with Crippen molar-refractivity contribution in [3.8, 4) is 0 Å². The maximum absolute atomic E-state index is 13.0. The monoisotopic (exact) mass is 674 g/mol. The number of nitrogens with one attached hydrogen (secondary N) is 1. The number of esters is 1. The molecule has 1 saturated carbocycles. The van der Waals surface area contributed by atoms with Crippen LogP contribution in [0.4, 0.5) is 19.0 Å². The van der Waals surface area contributed by atoms with Gasteiger partial charge in [-0.2, -0.15) is 13.2 Å². The van der Waals surface area contributed by atoms with Crippen molar-refractivity contribution in [1.82, 2.24) is 15.3 Å². The van der Waals surface area contributed by atoms with Crippen LogP contribution in [0.5, 0.6) is 0 Å². The van der Waals surface area contributed by atoms with Gasteiger partial charge in [-0.15, -0.1) is 0 Å². The number of allylic oxidation sites excluding steroid dienone is 3. The minimum absolute atomic E-state index is 0.0178. The number of piperidine rings is 1. The van der Waals surface area contributed by atoms with Crippen LogP contribution in [0.2, 0.25) is 0 Å². The predicted octanol–water partition coefficient (Wildman–Crippen LogP) is 6.49. The third-order valence-electron chi connectivity index (χ3n) is 9.75. The van der Waals surface area contributed by atoms with Crippen LogP contribution in [0, 0.1) is 11.8 Å². The molecule has 0 bridgehead atoms. The average Bonchev–Trinajstić information content (AvgIpc) is 3.78. The molecule has 1 aliphatic carbocycles. The van der Waals surface area contributed by atoms with E-state index in [0.717, 1.165) is 57.7 Å². The number of carbonyl (C=O) groups excluding carboxylic acids is 2. The highest BCUT2D eigenvalue weighted by Gasteiger charge is 2.53. The van der Waals surface area contributed by atoms with Crippen molar-refractivity contribution in [3.05, 3.63) is 54.0 Å². The summed E-state index contributed by atoms with van der Waals surface area (Å²) in [7, 11) is 0. The highest BCUT2D eigenvalue weighted by Crippen LogP contribution is 2.46. The Bertz CT molecular complexity index is 1370. The minimum atomic E-state index is -4.62. The number of carbonyl (C=O) groups is 2. The Hall–Kier alpha value is -3.25. The number of hydrogen-bond donors (Lipinski definition) is 1. The lowest BCUT2D eigenvalue weighted by atomic mass is 9.83. The van der Waals surface area contributed by atoms with E-state index in [9.17, 15) is 22.8 Å². The zero-order valence-corrected chi connectivity index (χ0v) is 28.4. The summed E-state index contributed by atoms with van der Waals surface area (Å²) in [5, 5.41) is 3.08. The lowest BCUT2D eigenvalue weighted by molar-refractivity contribution is -0.152. The summed E-state index contributed by atoms with van der Waals surface area (Å²) in [5.74, 6) is -1.36. The Morgan fingerprint density at radius 1 is 1.15 bits per heavy atom. The number of halogens is 3. The third-order valence-corrected chi connectivity index (χ3v) is 9.75. The van der Waals surface area contributed by atoms with Crippen molar-refractivity contribution in [2.45, 2.75) is 121 Å². The molecular formula is C36H49F3N4O5. The standard InChI is InChI=1S/C36H49F3N4O5/c1-24(6-13-29-21-35(23-46-35)22-34(3,4)48-29)5-8-26-9-11-28(12-10-26)41-31(44)14-7-25(2)47-32(45)27-16-19-43(20-17-27)30-15-18-40-33(42-30)36(37,38)39/h5-7,13-15,18,25-29H,8-12,16-17,19-23H2,1-4H3,(H,41,44)/b13-6+,14-7-,24-5+/t25-,26-,28-,29+,35+/m0/s1. The molecule has 5 rings (SSSR count). The molecule has 264 valence electrons. The highest BCUT2D eigenvalue weighted by molar-refractivity contribution is 5.87. The Labute approximate surface area is 281 Å². The number of ether oxygens (including phenoxy) is 3. The summed E-state index contributed by atoms with van der Waals surface area (Å²) in [6.07, 6.45) is 13.3. The lowest BCUT2D eigenvalue weighted by Gasteiger charge is -2.38. The largest absolute Gasteiger partial charge is 0.458 e. The molecule has 4 heterocycles. The Morgan fingerprint density at radius 3 is 2.52 bits per heavy atom. The number of anilines is 1. The van der Waals surface area contributed by atoms with E-state index in [2.05, 4.69) is 54.3 Å². The second-order valence-corrected chi connectivity index (χ2v) is 14.5. The SMILES string of the molecule is CC(/C=C/[C@@H]1C[C@]2(CO2)CC(C)(C)O1)=C\C[C@H]1CC[C@H](NC(=O)/C=C\[C@H](C)OC(=O)C2CCN(c3ccnc(C(F)(F)F)n3)CC2)CC1. The first kappa shape index (κ1) is 36.0. The lowest BCUT2D eigenvalue weighted by Crippen LogP contribution is -2.43. The van der Waals surface area contributed by atoms with E-state index < -0.39 is 18.1 Å². The van der Waals surface area contributed by atoms with E-state index in [4.69, 9.17) is 14.2 Å². The first-order valence-corrected chi connectivity index (χ1v) is 17.2. The molecule has 1 N–H and O–H groups in total. The van der Waals surface area contributed by atoms with Crippen molar-refractivity contribution in [2.75, 3.05) is 24.6 Å². The minimum Gasteiger partial charge on any atom is -0.458 e. The molecule has 48 heavy (non-hydrogen) atoms. The number of amides is 1. The van der Waals surface area contributed by atoms with E-state index >= 15 is 0 Å². The van der Waals surface area contributed by atoms with Crippen LogP contribution in [0.3, 0.4) is 0 Å². The van der Waals surface area contributed by atoms with Crippen LogP contribution >= 0.6 is 0 Å². The summed E-state index contributed by atoms with van der Waals surface area (Å²) in [4.78, 5) is 33.9. The fourth-order valence-corrected chi connectivity index (χ4v) is 7.16. The first-order valence-electron chi connectivity index (χ1n) is 17.2. The number of aromatic nitrogens is 2. The fraction of sp³-hybridized carbons (Fsp3) is 0.667. The van der Waals surface area contributed by atoms with E-state index in [-0.39, 0.29) is 47.0 Å². The maximum atomic E-state index is 13.0. The van der Waals surface area contributed by atoms with Crippen LogP contribution in [-0.4, -0.2) is 71.0 Å². The fourth-order valence-electron chi connectivity index (χ4n) is 7.16. The second kappa shape index (κ2) is 15.1. The van der Waals surface area contributed by atoms with Crippen molar-refractivity contribution in [1.29, 1.82) is 0 Å². The van der Waals surface area contributed by atoms with Gasteiger partial charge in [-0.05, 0) is 90.7 Å². The van der Waals surface area contributed by atoms with Gasteiger partial charge in [0.05, 0.1) is 29.8 Å². The molecule has 12 heteroatoms. The summed E-state index contributed by atoms with van der Waals surface area (Å²) in [6, 6.07) is 1.56. The zero-order chi connectivity index (χ0) is 34.5. The van der Waals surface area contributed by atoms with E-state index in [1.54, 1.807) is 17.9 Å². The van der Waals surface area contributed by atoms with Gasteiger partial charge in [0.1, 0.15) is 11.9 Å². The van der Waals surface area contributed by atoms with Crippen LogP contribution < -0.4 is 10.2 Å². The molecule has 1 aromatic heterocycles. The summed E-state index contributed by atoms with van der Waals surface area (Å²) < 4.78 is 56.4.